The van der Waals surface area contributed by atoms with Crippen molar-refractivity contribution in [2.45, 2.75) is 6.92 Å². The molecule has 1 aliphatic rings. The Morgan fingerprint density at radius 2 is 1.62 bits per heavy atom. The van der Waals surface area contributed by atoms with Crippen molar-refractivity contribution in [1.29, 1.82) is 0 Å². The van der Waals surface area contributed by atoms with Gasteiger partial charge in [0.15, 0.2) is 0 Å². The van der Waals surface area contributed by atoms with Gasteiger partial charge in [0.25, 0.3) is 5.91 Å². The van der Waals surface area contributed by atoms with Crippen molar-refractivity contribution in [3.05, 3.63) is 65.9 Å². The molecule has 0 saturated carbocycles. The number of hydrogen-bond donors (Lipinski definition) is 2. The molecular formula is C24H28N6O2. The van der Waals surface area contributed by atoms with Crippen LogP contribution in [0.3, 0.4) is 0 Å². The molecule has 2 N–H and O–H groups in total. The number of morpholine rings is 1. The number of benzene rings is 2. The van der Waals surface area contributed by atoms with E-state index in [4.69, 9.17) is 4.74 Å². The van der Waals surface area contributed by atoms with E-state index in [9.17, 15) is 4.79 Å². The minimum atomic E-state index is -0.141. The monoisotopic (exact) mass is 432 g/mol. The lowest BCUT2D eigenvalue weighted by atomic mass is 10.2. The molecule has 2 aromatic carbocycles. The summed E-state index contributed by atoms with van der Waals surface area (Å²) in [4.78, 5) is 25.9. The van der Waals surface area contributed by atoms with Crippen molar-refractivity contribution in [2.24, 2.45) is 0 Å². The molecule has 8 heteroatoms. The van der Waals surface area contributed by atoms with Gasteiger partial charge < -0.3 is 25.2 Å². The molecule has 0 aliphatic carbocycles. The van der Waals surface area contributed by atoms with E-state index in [0.29, 0.717) is 24.7 Å². The van der Waals surface area contributed by atoms with Gasteiger partial charge in [0.05, 0.1) is 13.2 Å². The Morgan fingerprint density at radius 3 is 2.28 bits per heavy atom. The summed E-state index contributed by atoms with van der Waals surface area (Å²) < 4.78 is 5.41. The van der Waals surface area contributed by atoms with Gasteiger partial charge in [-0.15, -0.1) is 0 Å². The number of hydrogen-bond acceptors (Lipinski definition) is 7. The van der Waals surface area contributed by atoms with Crippen LogP contribution in [0.4, 0.5) is 28.8 Å². The molecule has 0 bridgehead atoms. The van der Waals surface area contributed by atoms with Crippen molar-refractivity contribution in [2.75, 3.05) is 60.8 Å². The fourth-order valence-corrected chi connectivity index (χ4v) is 3.42. The van der Waals surface area contributed by atoms with E-state index in [2.05, 4.69) is 25.5 Å². The predicted molar refractivity (Wildman–Crippen MR) is 128 cm³/mol. The third kappa shape index (κ3) is 5.33. The maximum absolute atomic E-state index is 12.5. The van der Waals surface area contributed by atoms with Crippen LogP contribution in [0, 0.1) is 6.92 Å². The van der Waals surface area contributed by atoms with Gasteiger partial charge in [-0.2, -0.15) is 4.98 Å². The van der Waals surface area contributed by atoms with Crippen LogP contribution in [0.1, 0.15) is 16.1 Å². The molecule has 1 saturated heterocycles. The first-order valence-electron chi connectivity index (χ1n) is 10.6. The quantitative estimate of drug-likeness (QED) is 0.615. The van der Waals surface area contributed by atoms with E-state index in [1.165, 1.54) is 0 Å². The number of anilines is 5. The molecule has 0 unspecified atom stereocenters. The topological polar surface area (TPSA) is 82.6 Å². The molecule has 0 atom stereocenters. The molecular weight excluding hydrogens is 404 g/mol. The molecule has 166 valence electrons. The highest BCUT2D eigenvalue weighted by Crippen LogP contribution is 2.21. The average Bonchev–Trinajstić information content (AvgIpc) is 2.80. The Labute approximate surface area is 188 Å². The van der Waals surface area contributed by atoms with Crippen LogP contribution in [0.2, 0.25) is 0 Å². The van der Waals surface area contributed by atoms with Crippen LogP contribution in [-0.2, 0) is 4.74 Å². The lowest BCUT2D eigenvalue weighted by Gasteiger charge is -2.27. The number of aromatic nitrogens is 2. The summed E-state index contributed by atoms with van der Waals surface area (Å²) in [6.07, 6.45) is 0. The van der Waals surface area contributed by atoms with E-state index in [1.54, 1.807) is 0 Å². The third-order valence-corrected chi connectivity index (χ3v) is 5.20. The van der Waals surface area contributed by atoms with Gasteiger partial charge in [-0.05, 0) is 55.5 Å². The molecule has 1 aromatic heterocycles. The zero-order valence-electron chi connectivity index (χ0n) is 18.6. The first-order valence-corrected chi connectivity index (χ1v) is 10.6. The standard InChI is InChI=1S/C24H28N6O2/c1-17-16-22(28-24(25-17)30-12-14-32-15-13-30)26-19-6-8-20(9-7-19)27-23(31)18-4-10-21(11-5-18)29(2)3/h4-11,16H,12-15H2,1-3H3,(H,27,31)(H,25,26,28). The van der Waals surface area contributed by atoms with Crippen molar-refractivity contribution in [3.8, 4) is 0 Å². The molecule has 0 spiro atoms. The highest BCUT2D eigenvalue weighted by atomic mass is 16.5. The number of carbonyl (C=O) groups is 1. The summed E-state index contributed by atoms with van der Waals surface area (Å²) in [6, 6.07) is 17.0. The minimum absolute atomic E-state index is 0.141. The second-order valence-corrected chi connectivity index (χ2v) is 7.89. The number of aryl methyl sites for hydroxylation is 1. The Kier molecular flexibility index (Phi) is 6.51. The molecule has 1 aliphatic heterocycles. The Balaban J connectivity index is 1.40. The van der Waals surface area contributed by atoms with Gasteiger partial charge in [-0.25, -0.2) is 4.98 Å². The third-order valence-electron chi connectivity index (χ3n) is 5.20. The van der Waals surface area contributed by atoms with Gasteiger partial charge in [-0.3, -0.25) is 4.79 Å². The Morgan fingerprint density at radius 1 is 0.969 bits per heavy atom. The number of amides is 1. The van der Waals surface area contributed by atoms with E-state index >= 15 is 0 Å². The average molecular weight is 433 g/mol. The van der Waals surface area contributed by atoms with Crippen LogP contribution in [0.5, 0.6) is 0 Å². The maximum atomic E-state index is 12.5. The SMILES string of the molecule is Cc1cc(Nc2ccc(NC(=O)c3ccc(N(C)C)cc3)cc2)nc(N2CCOCC2)n1. The summed E-state index contributed by atoms with van der Waals surface area (Å²) in [6.45, 7) is 4.91. The fourth-order valence-electron chi connectivity index (χ4n) is 3.42. The highest BCUT2D eigenvalue weighted by Gasteiger charge is 2.15. The van der Waals surface area contributed by atoms with E-state index in [-0.39, 0.29) is 5.91 Å². The van der Waals surface area contributed by atoms with Gasteiger partial charge in [0.2, 0.25) is 5.95 Å². The van der Waals surface area contributed by atoms with Crippen LogP contribution < -0.4 is 20.4 Å². The Hall–Kier alpha value is -3.65. The fraction of sp³-hybridized carbons (Fsp3) is 0.292. The van der Waals surface area contributed by atoms with E-state index in [1.807, 2.05) is 80.5 Å². The highest BCUT2D eigenvalue weighted by molar-refractivity contribution is 6.04. The minimum Gasteiger partial charge on any atom is -0.378 e. The molecule has 32 heavy (non-hydrogen) atoms. The largest absolute Gasteiger partial charge is 0.378 e. The molecule has 8 nitrogen and oxygen atoms in total. The van der Waals surface area contributed by atoms with Crippen LogP contribution in [0.15, 0.2) is 54.6 Å². The normalized spacial score (nSPS) is 13.5. The van der Waals surface area contributed by atoms with Gasteiger partial charge in [0.1, 0.15) is 5.82 Å². The summed E-state index contributed by atoms with van der Waals surface area (Å²) in [5, 5.41) is 6.26. The molecule has 1 amide bonds. The van der Waals surface area contributed by atoms with Crippen LogP contribution in [0.25, 0.3) is 0 Å². The van der Waals surface area contributed by atoms with Gasteiger partial charge in [-0.1, -0.05) is 0 Å². The van der Waals surface area contributed by atoms with Crippen molar-refractivity contribution < 1.29 is 9.53 Å². The Bertz CT molecular complexity index is 1060. The lowest BCUT2D eigenvalue weighted by molar-refractivity contribution is 0.102. The molecule has 1 fully saturated rings. The summed E-state index contributed by atoms with van der Waals surface area (Å²) >= 11 is 0. The van der Waals surface area contributed by atoms with E-state index < -0.39 is 0 Å². The number of rotatable bonds is 6. The maximum Gasteiger partial charge on any atom is 0.255 e. The van der Waals surface area contributed by atoms with Gasteiger partial charge in [0, 0.05) is 61.6 Å². The number of nitrogens with one attached hydrogen (secondary N) is 2. The zero-order valence-corrected chi connectivity index (χ0v) is 18.6. The second-order valence-electron chi connectivity index (χ2n) is 7.89. The molecule has 2 heterocycles. The molecule has 3 aromatic rings. The summed E-state index contributed by atoms with van der Waals surface area (Å²) in [7, 11) is 3.94. The molecule has 4 rings (SSSR count). The zero-order chi connectivity index (χ0) is 22.5. The first kappa shape index (κ1) is 21.6. The number of carbonyl (C=O) groups excluding carboxylic acids is 1. The van der Waals surface area contributed by atoms with Crippen LogP contribution >= 0.6 is 0 Å². The summed E-state index contributed by atoms with van der Waals surface area (Å²) in [5.74, 6) is 1.30. The number of ether oxygens (including phenoxy) is 1. The smallest absolute Gasteiger partial charge is 0.255 e. The molecule has 0 radical (unpaired) electrons. The first-order chi connectivity index (χ1) is 15.5. The van der Waals surface area contributed by atoms with E-state index in [0.717, 1.165) is 41.7 Å². The predicted octanol–water partition coefficient (Wildman–Crippen LogP) is 3.68. The second kappa shape index (κ2) is 9.65. The summed E-state index contributed by atoms with van der Waals surface area (Å²) in [5.41, 5.74) is 4.17. The van der Waals surface area contributed by atoms with Crippen LogP contribution in [-0.4, -0.2) is 56.3 Å². The lowest BCUT2D eigenvalue weighted by Crippen LogP contribution is -2.37. The number of nitrogens with zero attached hydrogens (tertiary/aromatic N) is 4. The van der Waals surface area contributed by atoms with Crippen molar-refractivity contribution in [1.82, 2.24) is 9.97 Å². The van der Waals surface area contributed by atoms with Crippen molar-refractivity contribution in [3.63, 3.8) is 0 Å². The van der Waals surface area contributed by atoms with Gasteiger partial charge >= 0.3 is 0 Å². The van der Waals surface area contributed by atoms with Crippen molar-refractivity contribution >= 4 is 34.7 Å².